The first-order chi connectivity index (χ1) is 18.8. The molecule has 0 N–H and O–H groups in total. The molecule has 38 heavy (non-hydrogen) atoms. The van der Waals surface area contributed by atoms with Gasteiger partial charge >= 0.3 is 0 Å². The van der Waals surface area contributed by atoms with Gasteiger partial charge in [0.2, 0.25) is 0 Å². The third-order valence-electron chi connectivity index (χ3n) is 7.96. The summed E-state index contributed by atoms with van der Waals surface area (Å²) in [6, 6.07) is 25.8. The first-order valence-corrected chi connectivity index (χ1v) is 14.0. The minimum absolute atomic E-state index is 0.105. The highest BCUT2D eigenvalue weighted by Gasteiger charge is 2.30. The van der Waals surface area contributed by atoms with Gasteiger partial charge in [-0.25, -0.2) is 0 Å². The predicted molar refractivity (Wildman–Crippen MR) is 148 cm³/mol. The van der Waals surface area contributed by atoms with E-state index in [0.29, 0.717) is 6.61 Å². The zero-order valence-corrected chi connectivity index (χ0v) is 21.9. The zero-order valence-electron chi connectivity index (χ0n) is 21.9. The lowest BCUT2D eigenvalue weighted by molar-refractivity contribution is -0.105. The minimum Gasteiger partial charge on any atom is -0.492 e. The second-order valence-electron chi connectivity index (χ2n) is 10.7. The summed E-state index contributed by atoms with van der Waals surface area (Å²) < 4.78 is 30.7. The van der Waals surface area contributed by atoms with Crippen molar-refractivity contribution in [3.63, 3.8) is 0 Å². The Morgan fingerprint density at radius 3 is 2.50 bits per heavy atom. The van der Waals surface area contributed by atoms with Crippen molar-refractivity contribution in [2.45, 2.75) is 38.0 Å². The maximum atomic E-state index is 12.7. The molecule has 0 spiro atoms. The number of nitrogens with zero attached hydrogens (tertiary/aromatic N) is 2. The molecule has 0 aromatic heterocycles. The van der Waals surface area contributed by atoms with Crippen LogP contribution in [0.5, 0.6) is 11.5 Å². The second-order valence-corrected chi connectivity index (χ2v) is 10.7. The molecule has 2 unspecified atom stereocenters. The summed E-state index contributed by atoms with van der Waals surface area (Å²) in [5.74, 6) is 1.98. The number of likely N-dealkylation sites (tertiary alicyclic amines) is 1. The summed E-state index contributed by atoms with van der Waals surface area (Å²) in [4.78, 5) is 4.74. The fourth-order valence-electron chi connectivity index (χ4n) is 5.89. The molecule has 6 rings (SSSR count). The quantitative estimate of drug-likeness (QED) is 0.347. The lowest BCUT2D eigenvalue weighted by atomic mass is 9.87. The molecule has 0 amide bonds. The summed E-state index contributed by atoms with van der Waals surface area (Å²) in [5, 5.41) is 0. The lowest BCUT2D eigenvalue weighted by Crippen LogP contribution is -2.49. The van der Waals surface area contributed by atoms with E-state index in [1.807, 2.05) is 0 Å². The molecular weight excluding hydrogens is 479 g/mol. The molecule has 6 heteroatoms. The van der Waals surface area contributed by atoms with Crippen LogP contribution >= 0.6 is 0 Å². The van der Waals surface area contributed by atoms with Gasteiger partial charge in [-0.05, 0) is 72.4 Å². The van der Waals surface area contributed by atoms with Gasteiger partial charge in [0.15, 0.2) is 6.29 Å². The Balaban J connectivity index is 1.19. The van der Waals surface area contributed by atoms with Crippen LogP contribution in [-0.2, 0) is 11.2 Å². The fourth-order valence-corrected chi connectivity index (χ4v) is 5.89. The van der Waals surface area contributed by atoms with E-state index < -0.39 is 0 Å². The van der Waals surface area contributed by atoms with Gasteiger partial charge in [-0.2, -0.15) is 0 Å². The normalized spacial score (nSPS) is 22.0. The first kappa shape index (κ1) is 25.2. The van der Waals surface area contributed by atoms with Crippen LogP contribution in [-0.4, -0.2) is 57.3 Å². The number of para-hydroxylation sites is 1. The SMILES string of the molecule is FCC1CN(CCOc2ccc(C3c4ccc(OC5CCCCO5)cc4CCN3c3ccccc3)cc2)C1. The number of hydrogen-bond acceptors (Lipinski definition) is 5. The topological polar surface area (TPSA) is 34.2 Å². The van der Waals surface area contributed by atoms with Crippen molar-refractivity contribution in [3.05, 3.63) is 89.5 Å². The first-order valence-electron chi connectivity index (χ1n) is 14.0. The van der Waals surface area contributed by atoms with Crippen LogP contribution in [0.2, 0.25) is 0 Å². The van der Waals surface area contributed by atoms with E-state index in [1.165, 1.54) is 22.4 Å². The molecular formula is C32H37FN2O3. The number of hydrogen-bond donors (Lipinski definition) is 0. The van der Waals surface area contributed by atoms with Gasteiger partial charge < -0.3 is 19.1 Å². The molecule has 2 fully saturated rings. The third-order valence-corrected chi connectivity index (χ3v) is 7.96. The predicted octanol–water partition coefficient (Wildman–Crippen LogP) is 6.02. The number of rotatable bonds is 9. The average Bonchev–Trinajstić information content (AvgIpc) is 2.95. The molecule has 2 saturated heterocycles. The minimum atomic E-state index is -0.216. The van der Waals surface area contributed by atoms with Crippen LogP contribution in [0, 0.1) is 5.92 Å². The Kier molecular flexibility index (Phi) is 7.79. The van der Waals surface area contributed by atoms with E-state index in [1.54, 1.807) is 0 Å². The summed E-state index contributed by atoms with van der Waals surface area (Å²) in [6.07, 6.45) is 4.04. The molecule has 5 nitrogen and oxygen atoms in total. The van der Waals surface area contributed by atoms with Crippen LogP contribution < -0.4 is 14.4 Å². The van der Waals surface area contributed by atoms with E-state index in [4.69, 9.17) is 14.2 Å². The molecule has 2 atom stereocenters. The molecule has 0 aliphatic carbocycles. The summed E-state index contributed by atoms with van der Waals surface area (Å²) >= 11 is 0. The summed E-state index contributed by atoms with van der Waals surface area (Å²) in [5.41, 5.74) is 5.10. The second kappa shape index (κ2) is 11.7. The Morgan fingerprint density at radius 1 is 0.921 bits per heavy atom. The maximum absolute atomic E-state index is 12.7. The Labute approximate surface area is 225 Å². The van der Waals surface area contributed by atoms with Crippen LogP contribution in [0.1, 0.15) is 42.0 Å². The monoisotopic (exact) mass is 516 g/mol. The Bertz CT molecular complexity index is 1180. The van der Waals surface area contributed by atoms with Crippen molar-refractivity contribution < 1.29 is 18.6 Å². The van der Waals surface area contributed by atoms with Gasteiger partial charge in [0.1, 0.15) is 18.1 Å². The number of ether oxygens (including phenoxy) is 3. The van der Waals surface area contributed by atoms with Gasteiger partial charge in [0, 0.05) is 44.2 Å². The number of alkyl halides is 1. The third kappa shape index (κ3) is 5.67. The standard InChI is InChI=1S/C32H37FN2O3/c33-21-24-22-34(23-24)17-19-36-28-11-9-25(10-12-28)32-30-14-13-29(38-31-8-4-5-18-37-31)20-26(30)15-16-35(32)27-6-2-1-3-7-27/h1-3,6-7,9-14,20,24,31-32H,4-5,8,15-19,21-23H2. The van der Waals surface area contributed by atoms with E-state index >= 15 is 0 Å². The lowest BCUT2D eigenvalue weighted by Gasteiger charge is -2.40. The highest BCUT2D eigenvalue weighted by Crippen LogP contribution is 2.40. The molecule has 3 heterocycles. The van der Waals surface area contributed by atoms with Crippen molar-refractivity contribution >= 4 is 5.69 Å². The number of anilines is 1. The van der Waals surface area contributed by atoms with Crippen LogP contribution in [0.15, 0.2) is 72.8 Å². The van der Waals surface area contributed by atoms with Gasteiger partial charge in [-0.15, -0.1) is 0 Å². The number of halogens is 1. The molecule has 3 aromatic carbocycles. The van der Waals surface area contributed by atoms with Gasteiger partial charge in [-0.3, -0.25) is 9.29 Å². The van der Waals surface area contributed by atoms with Crippen LogP contribution in [0.4, 0.5) is 10.1 Å². The zero-order chi connectivity index (χ0) is 25.7. The maximum Gasteiger partial charge on any atom is 0.199 e. The molecule has 3 aliphatic rings. The highest BCUT2D eigenvalue weighted by molar-refractivity contribution is 5.57. The largest absolute Gasteiger partial charge is 0.492 e. The molecule has 0 radical (unpaired) electrons. The summed E-state index contributed by atoms with van der Waals surface area (Å²) in [6.45, 7) is 4.64. The van der Waals surface area contributed by atoms with Crippen molar-refractivity contribution in [2.75, 3.05) is 51.0 Å². The molecule has 200 valence electrons. The van der Waals surface area contributed by atoms with E-state index in [9.17, 15) is 4.39 Å². The number of benzene rings is 3. The molecule has 3 aromatic rings. The van der Waals surface area contributed by atoms with Gasteiger partial charge in [0.05, 0.1) is 19.3 Å². The van der Waals surface area contributed by atoms with Crippen LogP contribution in [0.25, 0.3) is 0 Å². The Morgan fingerprint density at radius 2 is 1.74 bits per heavy atom. The van der Waals surface area contributed by atoms with Crippen molar-refractivity contribution in [1.82, 2.24) is 4.90 Å². The molecule has 0 bridgehead atoms. The van der Waals surface area contributed by atoms with Crippen LogP contribution in [0.3, 0.4) is 0 Å². The number of fused-ring (bicyclic) bond motifs is 1. The van der Waals surface area contributed by atoms with Gasteiger partial charge in [-0.1, -0.05) is 36.4 Å². The average molecular weight is 517 g/mol. The van der Waals surface area contributed by atoms with Crippen molar-refractivity contribution in [1.29, 1.82) is 0 Å². The highest BCUT2D eigenvalue weighted by atomic mass is 19.1. The van der Waals surface area contributed by atoms with E-state index in [0.717, 1.165) is 70.0 Å². The van der Waals surface area contributed by atoms with Crippen molar-refractivity contribution in [3.8, 4) is 11.5 Å². The smallest absolute Gasteiger partial charge is 0.199 e. The van der Waals surface area contributed by atoms with E-state index in [2.05, 4.69) is 82.6 Å². The molecule has 0 saturated carbocycles. The fraction of sp³-hybridized carbons (Fsp3) is 0.438. The Hall–Kier alpha value is -3.09. The van der Waals surface area contributed by atoms with Gasteiger partial charge in [0.25, 0.3) is 0 Å². The molecule has 3 aliphatic heterocycles. The van der Waals surface area contributed by atoms with E-state index in [-0.39, 0.29) is 24.9 Å². The van der Waals surface area contributed by atoms with Crippen molar-refractivity contribution in [2.24, 2.45) is 5.92 Å². The summed E-state index contributed by atoms with van der Waals surface area (Å²) in [7, 11) is 0.